The molecule has 0 radical (unpaired) electrons. The van der Waals surface area contributed by atoms with Crippen LogP contribution in [0.15, 0.2) is 0 Å². The summed E-state index contributed by atoms with van der Waals surface area (Å²) in [7, 11) is -1.39. The monoisotopic (exact) mass is 321 g/mol. The second-order valence-corrected chi connectivity index (χ2v) is 8.87. The van der Waals surface area contributed by atoms with E-state index >= 15 is 0 Å². The molecule has 2 atom stereocenters. The van der Waals surface area contributed by atoms with E-state index in [0.29, 0.717) is 24.9 Å². The van der Waals surface area contributed by atoms with Crippen molar-refractivity contribution in [3.63, 3.8) is 0 Å². The number of likely N-dealkylation sites (N-methyl/N-ethyl adjacent to an activating group) is 1. The zero-order valence-corrected chi connectivity index (χ0v) is 14.2. The van der Waals surface area contributed by atoms with E-state index in [4.69, 9.17) is 0 Å². The zero-order valence-electron chi connectivity index (χ0n) is 12.5. The van der Waals surface area contributed by atoms with Crippen LogP contribution >= 0.6 is 11.8 Å². The molecule has 2 heterocycles. The molecule has 0 aromatic carbocycles. The van der Waals surface area contributed by atoms with Gasteiger partial charge in [-0.15, -0.1) is 0 Å². The van der Waals surface area contributed by atoms with Gasteiger partial charge in [0.15, 0.2) is 0 Å². The zero-order chi connectivity index (χ0) is 14.6. The van der Waals surface area contributed by atoms with Gasteiger partial charge < -0.3 is 5.32 Å². The Labute approximate surface area is 127 Å². The van der Waals surface area contributed by atoms with Gasteiger partial charge in [-0.2, -0.15) is 28.8 Å². The Morgan fingerprint density at radius 2 is 2.10 bits per heavy atom. The number of piperidine rings is 1. The van der Waals surface area contributed by atoms with Crippen molar-refractivity contribution in [2.24, 2.45) is 0 Å². The fourth-order valence-corrected chi connectivity index (χ4v) is 6.31. The SMILES string of the molecule is CCC1CN(S(=O)(=O)N2CCCCC2CNC)CCS1. The standard InChI is InChI=1S/C13H27N3O2S2/c1-3-13-11-15(8-9-19-13)20(17,18)16-7-5-4-6-12(16)10-14-2/h12-14H,3-11H2,1-2H3. The summed E-state index contributed by atoms with van der Waals surface area (Å²) in [5.41, 5.74) is 0. The van der Waals surface area contributed by atoms with Gasteiger partial charge in [0.25, 0.3) is 10.2 Å². The number of hydrogen-bond acceptors (Lipinski definition) is 4. The molecule has 2 saturated heterocycles. The molecule has 20 heavy (non-hydrogen) atoms. The molecule has 0 saturated carbocycles. The third-order valence-electron chi connectivity index (χ3n) is 4.19. The quantitative estimate of drug-likeness (QED) is 0.825. The van der Waals surface area contributed by atoms with Crippen molar-refractivity contribution in [3.05, 3.63) is 0 Å². The van der Waals surface area contributed by atoms with E-state index in [1.165, 1.54) is 0 Å². The molecule has 2 rings (SSSR count). The van der Waals surface area contributed by atoms with Crippen LogP contribution in [0.5, 0.6) is 0 Å². The summed E-state index contributed by atoms with van der Waals surface area (Å²) in [5, 5.41) is 3.58. The highest BCUT2D eigenvalue weighted by molar-refractivity contribution is 8.00. The highest BCUT2D eigenvalue weighted by Gasteiger charge is 2.38. The van der Waals surface area contributed by atoms with Crippen LogP contribution in [0.4, 0.5) is 0 Å². The molecule has 0 spiro atoms. The third-order valence-corrected chi connectivity index (χ3v) is 7.62. The van der Waals surface area contributed by atoms with E-state index in [9.17, 15) is 8.42 Å². The van der Waals surface area contributed by atoms with Gasteiger partial charge >= 0.3 is 0 Å². The molecule has 1 N–H and O–H groups in total. The van der Waals surface area contributed by atoms with E-state index in [-0.39, 0.29) is 6.04 Å². The summed E-state index contributed by atoms with van der Waals surface area (Å²) >= 11 is 1.90. The Hall–Kier alpha value is 0.180. The normalized spacial score (nSPS) is 30.5. The summed E-state index contributed by atoms with van der Waals surface area (Å²) < 4.78 is 29.3. The molecule has 0 aromatic heterocycles. The lowest BCUT2D eigenvalue weighted by atomic mass is 10.1. The van der Waals surface area contributed by atoms with Crippen molar-refractivity contribution in [1.29, 1.82) is 0 Å². The van der Waals surface area contributed by atoms with Gasteiger partial charge in [0.1, 0.15) is 0 Å². The molecule has 7 heteroatoms. The lowest BCUT2D eigenvalue weighted by Crippen LogP contribution is -2.55. The molecular formula is C13H27N3O2S2. The minimum atomic E-state index is -3.29. The van der Waals surface area contributed by atoms with E-state index in [2.05, 4.69) is 12.2 Å². The molecule has 118 valence electrons. The predicted octanol–water partition coefficient (Wildman–Crippen LogP) is 1.13. The van der Waals surface area contributed by atoms with E-state index in [0.717, 1.165) is 38.0 Å². The fourth-order valence-electron chi connectivity index (χ4n) is 3.01. The molecule has 2 unspecified atom stereocenters. The summed E-state index contributed by atoms with van der Waals surface area (Å²) in [5.74, 6) is 0.919. The molecule has 0 aliphatic carbocycles. The lowest BCUT2D eigenvalue weighted by Gasteiger charge is -2.40. The second kappa shape index (κ2) is 7.45. The van der Waals surface area contributed by atoms with Crippen LogP contribution in [0, 0.1) is 0 Å². The van der Waals surface area contributed by atoms with Crippen molar-refractivity contribution in [3.8, 4) is 0 Å². The Morgan fingerprint density at radius 1 is 1.30 bits per heavy atom. The Morgan fingerprint density at radius 3 is 2.80 bits per heavy atom. The van der Waals surface area contributed by atoms with Gasteiger partial charge in [-0.05, 0) is 26.3 Å². The van der Waals surface area contributed by atoms with Gasteiger partial charge in [0.2, 0.25) is 0 Å². The largest absolute Gasteiger partial charge is 0.318 e. The van der Waals surface area contributed by atoms with Crippen molar-refractivity contribution in [2.75, 3.05) is 39.0 Å². The minimum Gasteiger partial charge on any atom is -0.318 e. The van der Waals surface area contributed by atoms with E-state index < -0.39 is 10.2 Å². The van der Waals surface area contributed by atoms with E-state index in [1.807, 2.05) is 18.8 Å². The summed E-state index contributed by atoms with van der Waals surface area (Å²) in [6, 6.07) is 0.119. The molecule has 2 fully saturated rings. The van der Waals surface area contributed by atoms with Crippen LogP contribution in [0.25, 0.3) is 0 Å². The first-order valence-corrected chi connectivity index (χ1v) is 10.1. The smallest absolute Gasteiger partial charge is 0.282 e. The number of rotatable bonds is 5. The second-order valence-electron chi connectivity index (χ2n) is 5.58. The average Bonchev–Trinajstić information content (AvgIpc) is 2.48. The van der Waals surface area contributed by atoms with Gasteiger partial charge in [-0.1, -0.05) is 13.3 Å². The van der Waals surface area contributed by atoms with Crippen LogP contribution in [0.3, 0.4) is 0 Å². The van der Waals surface area contributed by atoms with Crippen LogP contribution < -0.4 is 5.32 Å². The van der Waals surface area contributed by atoms with Gasteiger partial charge in [-0.25, -0.2) is 0 Å². The first-order chi connectivity index (χ1) is 9.59. The van der Waals surface area contributed by atoms with Crippen LogP contribution in [-0.4, -0.2) is 67.3 Å². The van der Waals surface area contributed by atoms with Gasteiger partial charge in [0.05, 0.1) is 0 Å². The maximum absolute atomic E-state index is 12.9. The van der Waals surface area contributed by atoms with E-state index in [1.54, 1.807) is 8.61 Å². The molecule has 0 bridgehead atoms. The lowest BCUT2D eigenvalue weighted by molar-refractivity contribution is 0.229. The molecule has 0 amide bonds. The number of thioether (sulfide) groups is 1. The Kier molecular flexibility index (Phi) is 6.16. The highest BCUT2D eigenvalue weighted by Crippen LogP contribution is 2.27. The Bertz CT molecular complexity index is 400. The average molecular weight is 322 g/mol. The summed E-state index contributed by atoms with van der Waals surface area (Å²) in [4.78, 5) is 0. The molecular weight excluding hydrogens is 294 g/mol. The summed E-state index contributed by atoms with van der Waals surface area (Å²) in [6.45, 7) is 4.89. The number of nitrogens with zero attached hydrogens (tertiary/aromatic N) is 2. The fraction of sp³-hybridized carbons (Fsp3) is 1.00. The first kappa shape index (κ1) is 16.5. The van der Waals surface area contributed by atoms with Crippen molar-refractivity contribution in [2.45, 2.75) is 43.9 Å². The maximum Gasteiger partial charge on any atom is 0.282 e. The molecule has 2 aliphatic rings. The third kappa shape index (κ3) is 3.68. The Balaban J connectivity index is 2.10. The minimum absolute atomic E-state index is 0.119. The maximum atomic E-state index is 12.9. The van der Waals surface area contributed by atoms with Gasteiger partial charge in [-0.3, -0.25) is 0 Å². The predicted molar refractivity (Wildman–Crippen MR) is 85.3 cm³/mol. The topological polar surface area (TPSA) is 52.7 Å². The van der Waals surface area contributed by atoms with Crippen molar-refractivity contribution >= 4 is 22.0 Å². The number of nitrogens with one attached hydrogen (secondary N) is 1. The van der Waals surface area contributed by atoms with Gasteiger partial charge in [0, 0.05) is 43.2 Å². The first-order valence-electron chi connectivity index (χ1n) is 7.62. The van der Waals surface area contributed by atoms with Crippen molar-refractivity contribution in [1.82, 2.24) is 13.9 Å². The molecule has 5 nitrogen and oxygen atoms in total. The molecule has 0 aromatic rings. The molecule has 2 aliphatic heterocycles. The summed E-state index contributed by atoms with van der Waals surface area (Å²) in [6.07, 6.45) is 4.13. The highest BCUT2D eigenvalue weighted by atomic mass is 32.2. The van der Waals surface area contributed by atoms with Crippen molar-refractivity contribution < 1.29 is 8.42 Å². The van der Waals surface area contributed by atoms with Crippen LogP contribution in [-0.2, 0) is 10.2 Å². The van der Waals surface area contributed by atoms with Crippen LogP contribution in [0.1, 0.15) is 32.6 Å². The van der Waals surface area contributed by atoms with Crippen LogP contribution in [0.2, 0.25) is 0 Å². The number of hydrogen-bond donors (Lipinski definition) is 1.